The Morgan fingerprint density at radius 2 is 1.62 bits per heavy atom. The summed E-state index contributed by atoms with van der Waals surface area (Å²) in [4.78, 5) is 12.6. The minimum atomic E-state index is -1.13. The van der Waals surface area contributed by atoms with Crippen LogP contribution >= 0.6 is 23.2 Å². The number of halogens is 3. The van der Waals surface area contributed by atoms with Gasteiger partial charge >= 0.3 is 0 Å². The number of alkyl halides is 2. The predicted molar refractivity (Wildman–Crippen MR) is 82.2 cm³/mol. The van der Waals surface area contributed by atoms with Crippen LogP contribution in [0.15, 0.2) is 54.6 Å². The van der Waals surface area contributed by atoms with Crippen molar-refractivity contribution in [2.24, 2.45) is 0 Å². The average Bonchev–Trinajstić information content (AvgIpc) is 3.07. The largest absolute Gasteiger partial charge is 0.325 e. The van der Waals surface area contributed by atoms with Crippen LogP contribution in [0, 0.1) is 5.82 Å². The molecule has 0 aromatic heterocycles. The number of hydrogen-bond acceptors (Lipinski definition) is 1. The molecule has 1 atom stereocenters. The summed E-state index contributed by atoms with van der Waals surface area (Å²) < 4.78 is 11.8. The minimum Gasteiger partial charge on any atom is -0.325 e. The number of anilines is 1. The highest BCUT2D eigenvalue weighted by Gasteiger charge is 2.72. The Kier molecular flexibility index (Phi) is 3.42. The van der Waals surface area contributed by atoms with Crippen molar-refractivity contribution in [1.82, 2.24) is 0 Å². The number of nitrogens with one attached hydrogen (secondary N) is 1. The molecule has 21 heavy (non-hydrogen) atoms. The highest BCUT2D eigenvalue weighted by Crippen LogP contribution is 2.65. The summed E-state index contributed by atoms with van der Waals surface area (Å²) in [5, 5.41) is 2.75. The van der Waals surface area contributed by atoms with E-state index in [0.717, 1.165) is 5.56 Å². The highest BCUT2D eigenvalue weighted by atomic mass is 35.5. The summed E-state index contributed by atoms with van der Waals surface area (Å²) in [6.45, 7) is 0. The van der Waals surface area contributed by atoms with Crippen molar-refractivity contribution in [3.05, 3.63) is 66.0 Å². The van der Waals surface area contributed by atoms with Gasteiger partial charge in [0.1, 0.15) is 15.6 Å². The fourth-order valence-electron chi connectivity index (χ4n) is 2.47. The molecule has 1 unspecified atom stereocenters. The molecule has 2 nitrogen and oxygen atoms in total. The van der Waals surface area contributed by atoms with Gasteiger partial charge in [-0.1, -0.05) is 30.3 Å². The fraction of sp³-hybridized carbons (Fsp3) is 0.188. The van der Waals surface area contributed by atoms with Gasteiger partial charge in [-0.2, -0.15) is 0 Å². The Bertz CT molecular complexity index is 672. The van der Waals surface area contributed by atoms with Crippen LogP contribution < -0.4 is 5.32 Å². The van der Waals surface area contributed by atoms with Gasteiger partial charge in [-0.15, -0.1) is 23.2 Å². The first-order chi connectivity index (χ1) is 9.96. The zero-order valence-electron chi connectivity index (χ0n) is 10.9. The maximum absolute atomic E-state index is 12.9. The fourth-order valence-corrected chi connectivity index (χ4v) is 3.26. The van der Waals surface area contributed by atoms with Gasteiger partial charge in [0.25, 0.3) is 0 Å². The molecule has 108 valence electrons. The number of amides is 1. The minimum absolute atomic E-state index is 0.287. The second-order valence-corrected chi connectivity index (χ2v) is 6.60. The summed E-state index contributed by atoms with van der Waals surface area (Å²) in [7, 11) is 0. The van der Waals surface area contributed by atoms with Crippen molar-refractivity contribution in [3.8, 4) is 0 Å². The van der Waals surface area contributed by atoms with Crippen LogP contribution in [-0.4, -0.2) is 10.2 Å². The van der Waals surface area contributed by atoms with Crippen LogP contribution in [0.3, 0.4) is 0 Å². The molecule has 0 spiro atoms. The second-order valence-electron chi connectivity index (χ2n) is 5.11. The normalized spacial score (nSPS) is 22.6. The molecule has 1 N–H and O–H groups in total. The van der Waals surface area contributed by atoms with Gasteiger partial charge in [0, 0.05) is 12.1 Å². The zero-order valence-corrected chi connectivity index (χ0v) is 12.5. The molecule has 3 rings (SSSR count). The summed E-state index contributed by atoms with van der Waals surface area (Å²) in [5.74, 6) is -0.647. The third-order valence-electron chi connectivity index (χ3n) is 3.74. The molecule has 1 amide bonds. The van der Waals surface area contributed by atoms with Crippen LogP contribution in [0.1, 0.15) is 12.0 Å². The Labute approximate surface area is 131 Å². The van der Waals surface area contributed by atoms with Crippen molar-refractivity contribution in [3.63, 3.8) is 0 Å². The average molecular weight is 324 g/mol. The third kappa shape index (κ3) is 2.41. The monoisotopic (exact) mass is 323 g/mol. The molecule has 0 aliphatic heterocycles. The quantitative estimate of drug-likeness (QED) is 0.839. The Hall–Kier alpha value is -1.58. The molecule has 1 fully saturated rings. The molecule has 0 radical (unpaired) electrons. The molecule has 1 saturated carbocycles. The van der Waals surface area contributed by atoms with Gasteiger partial charge in [-0.05, 0) is 29.8 Å². The first-order valence-corrected chi connectivity index (χ1v) is 7.22. The molecule has 2 aromatic carbocycles. The van der Waals surface area contributed by atoms with Crippen molar-refractivity contribution >= 4 is 34.8 Å². The number of rotatable bonds is 3. The molecule has 1 aliphatic rings. The molecule has 0 heterocycles. The van der Waals surface area contributed by atoms with E-state index in [1.54, 1.807) is 0 Å². The lowest BCUT2D eigenvalue weighted by atomic mass is 9.94. The van der Waals surface area contributed by atoms with E-state index >= 15 is 0 Å². The van der Waals surface area contributed by atoms with Crippen LogP contribution in [0.5, 0.6) is 0 Å². The number of carbonyl (C=O) groups excluding carboxylic acids is 1. The summed E-state index contributed by atoms with van der Waals surface area (Å²) in [6, 6.07) is 14.8. The van der Waals surface area contributed by atoms with Gasteiger partial charge in [-0.25, -0.2) is 4.39 Å². The second kappa shape index (κ2) is 5.00. The van der Waals surface area contributed by atoms with Crippen molar-refractivity contribution in [1.29, 1.82) is 0 Å². The third-order valence-corrected chi connectivity index (χ3v) is 4.66. The summed E-state index contributed by atoms with van der Waals surface area (Å²) in [6.07, 6.45) is 0.347. The number of hydrogen-bond donors (Lipinski definition) is 1. The van der Waals surface area contributed by atoms with E-state index in [9.17, 15) is 9.18 Å². The maximum Gasteiger partial charge on any atom is 0.238 e. The molecular weight excluding hydrogens is 312 g/mol. The van der Waals surface area contributed by atoms with Gasteiger partial charge in [0.2, 0.25) is 5.91 Å². The first-order valence-electron chi connectivity index (χ1n) is 6.46. The topological polar surface area (TPSA) is 29.1 Å². The number of benzene rings is 2. The Balaban J connectivity index is 1.89. The molecule has 2 aromatic rings. The summed E-state index contributed by atoms with van der Waals surface area (Å²) in [5.41, 5.74) is 0.313. The molecule has 0 bridgehead atoms. The van der Waals surface area contributed by atoms with Crippen molar-refractivity contribution < 1.29 is 9.18 Å². The van der Waals surface area contributed by atoms with Crippen LogP contribution in [0.4, 0.5) is 10.1 Å². The van der Waals surface area contributed by atoms with Crippen LogP contribution in [0.2, 0.25) is 0 Å². The van der Waals surface area contributed by atoms with Gasteiger partial charge in [0.15, 0.2) is 0 Å². The van der Waals surface area contributed by atoms with Crippen LogP contribution in [0.25, 0.3) is 0 Å². The molecule has 5 heteroatoms. The maximum atomic E-state index is 12.9. The lowest BCUT2D eigenvalue weighted by Crippen LogP contribution is -2.32. The van der Waals surface area contributed by atoms with Gasteiger partial charge in [0.05, 0.1) is 0 Å². The van der Waals surface area contributed by atoms with E-state index in [-0.39, 0.29) is 11.7 Å². The van der Waals surface area contributed by atoms with Crippen molar-refractivity contribution in [2.75, 3.05) is 5.32 Å². The van der Waals surface area contributed by atoms with Gasteiger partial charge < -0.3 is 5.32 Å². The van der Waals surface area contributed by atoms with E-state index < -0.39 is 9.75 Å². The van der Waals surface area contributed by atoms with Crippen LogP contribution in [-0.2, 0) is 10.2 Å². The lowest BCUT2D eigenvalue weighted by molar-refractivity contribution is -0.118. The molecule has 0 saturated heterocycles. The SMILES string of the molecule is O=C(Nc1ccc(F)cc1)C1(c2ccccc2)CC1(Cl)Cl. The van der Waals surface area contributed by atoms with E-state index in [1.807, 2.05) is 30.3 Å². The Morgan fingerprint density at radius 3 is 2.14 bits per heavy atom. The summed E-state index contributed by atoms with van der Waals surface area (Å²) >= 11 is 12.5. The smallest absolute Gasteiger partial charge is 0.238 e. The first kappa shape index (κ1) is 14.4. The highest BCUT2D eigenvalue weighted by molar-refractivity contribution is 6.54. The van der Waals surface area contributed by atoms with Crippen molar-refractivity contribution in [2.45, 2.75) is 16.2 Å². The predicted octanol–water partition coefficient (Wildman–Crippen LogP) is 4.28. The zero-order chi connectivity index (χ0) is 15.1. The van der Waals surface area contributed by atoms with E-state index in [4.69, 9.17) is 23.2 Å². The lowest BCUT2D eigenvalue weighted by Gasteiger charge is -2.18. The standard InChI is InChI=1S/C16H12Cl2FNO/c17-16(18)10-15(16,11-4-2-1-3-5-11)14(21)20-13-8-6-12(19)7-9-13/h1-9H,10H2,(H,20,21). The molecule has 1 aliphatic carbocycles. The van der Waals surface area contributed by atoms with E-state index in [2.05, 4.69) is 5.32 Å². The Morgan fingerprint density at radius 1 is 1.05 bits per heavy atom. The van der Waals surface area contributed by atoms with E-state index in [0.29, 0.717) is 12.1 Å². The van der Waals surface area contributed by atoms with Gasteiger partial charge in [-0.3, -0.25) is 4.79 Å². The number of carbonyl (C=O) groups is 1. The van der Waals surface area contributed by atoms with E-state index in [1.165, 1.54) is 24.3 Å². The molecular formula is C16H12Cl2FNO.